The Balaban J connectivity index is 1.48. The van der Waals surface area contributed by atoms with Crippen LogP contribution in [0.25, 0.3) is 0 Å². The lowest BCUT2D eigenvalue weighted by atomic mass is 10.1. The van der Waals surface area contributed by atoms with Crippen LogP contribution in [0.4, 0.5) is 4.79 Å². The van der Waals surface area contributed by atoms with Gasteiger partial charge in [0.25, 0.3) is 5.91 Å². The summed E-state index contributed by atoms with van der Waals surface area (Å²) < 4.78 is 0. The summed E-state index contributed by atoms with van der Waals surface area (Å²) in [4.78, 5) is 30.8. The zero-order valence-electron chi connectivity index (χ0n) is 17.6. The molecule has 1 aromatic rings. The van der Waals surface area contributed by atoms with Crippen LogP contribution in [0.3, 0.4) is 0 Å². The minimum atomic E-state index is -0.363. The number of aryl methyl sites for hydroxylation is 2. The Morgan fingerprint density at radius 3 is 2.31 bits per heavy atom. The van der Waals surface area contributed by atoms with Crippen molar-refractivity contribution in [1.82, 2.24) is 19.7 Å². The Hall–Kier alpha value is -2.45. The fourth-order valence-electron chi connectivity index (χ4n) is 3.71. The third kappa shape index (κ3) is 5.33. The van der Waals surface area contributed by atoms with Gasteiger partial charge in [0.15, 0.2) is 0 Å². The lowest BCUT2D eigenvalue weighted by molar-refractivity contribution is -0.125. The summed E-state index contributed by atoms with van der Waals surface area (Å²) >= 11 is 0. The third-order valence-corrected chi connectivity index (χ3v) is 5.60. The number of benzene rings is 1. The van der Waals surface area contributed by atoms with Gasteiger partial charge in [0, 0.05) is 32.7 Å². The molecule has 1 N–H and O–H groups in total. The number of hydrazone groups is 1. The van der Waals surface area contributed by atoms with Crippen molar-refractivity contribution in [2.24, 2.45) is 5.10 Å². The minimum absolute atomic E-state index is 0.0240. The standard InChI is InChI=1S/C21H31N5O3/c1-16-12-18(13-17(2)20(16)28)14-22-26-15-19(27)25(21(26)29)7-5-4-6-24-10-8-23(3)9-11-24/h12-14,28H,4-11,15H2,1-3H3/b22-14+. The largest absolute Gasteiger partial charge is 0.507 e. The predicted molar refractivity (Wildman–Crippen MR) is 112 cm³/mol. The molecule has 29 heavy (non-hydrogen) atoms. The van der Waals surface area contributed by atoms with Gasteiger partial charge in [0.1, 0.15) is 12.3 Å². The SMILES string of the molecule is Cc1cc(/C=N/N2CC(=O)N(CCCCN3CCN(C)CC3)C2=O)cc(C)c1O. The first kappa shape index (κ1) is 21.3. The van der Waals surface area contributed by atoms with Crippen molar-refractivity contribution < 1.29 is 14.7 Å². The van der Waals surface area contributed by atoms with Gasteiger partial charge < -0.3 is 14.9 Å². The van der Waals surface area contributed by atoms with Gasteiger partial charge in [-0.25, -0.2) is 9.80 Å². The first-order valence-corrected chi connectivity index (χ1v) is 10.2. The Morgan fingerprint density at radius 2 is 1.66 bits per heavy atom. The molecule has 3 amide bonds. The molecule has 0 unspecified atom stereocenters. The first-order valence-electron chi connectivity index (χ1n) is 10.2. The van der Waals surface area contributed by atoms with Crippen LogP contribution >= 0.6 is 0 Å². The molecule has 0 saturated carbocycles. The molecule has 0 bridgehead atoms. The normalized spacial score (nSPS) is 19.1. The number of hydrogen-bond donors (Lipinski definition) is 1. The number of likely N-dealkylation sites (N-methyl/N-ethyl adjacent to an activating group) is 1. The highest BCUT2D eigenvalue weighted by Gasteiger charge is 2.35. The van der Waals surface area contributed by atoms with E-state index in [4.69, 9.17) is 0 Å². The monoisotopic (exact) mass is 401 g/mol. The van der Waals surface area contributed by atoms with E-state index in [0.29, 0.717) is 6.54 Å². The van der Waals surface area contributed by atoms with Gasteiger partial charge in [-0.1, -0.05) is 0 Å². The van der Waals surface area contributed by atoms with Crippen LogP contribution < -0.4 is 0 Å². The molecule has 158 valence electrons. The summed E-state index contributed by atoms with van der Waals surface area (Å²) in [7, 11) is 2.14. The number of phenols is 1. The average molecular weight is 402 g/mol. The highest BCUT2D eigenvalue weighted by atomic mass is 16.3. The Morgan fingerprint density at radius 1 is 1.03 bits per heavy atom. The number of piperazine rings is 1. The van der Waals surface area contributed by atoms with Crippen molar-refractivity contribution in [1.29, 1.82) is 0 Å². The van der Waals surface area contributed by atoms with E-state index in [0.717, 1.165) is 62.3 Å². The lowest BCUT2D eigenvalue weighted by Crippen LogP contribution is -2.44. The second-order valence-corrected chi connectivity index (χ2v) is 7.99. The molecule has 0 atom stereocenters. The maximum Gasteiger partial charge on any atom is 0.347 e. The number of urea groups is 1. The molecule has 0 aliphatic carbocycles. The highest BCUT2D eigenvalue weighted by molar-refractivity contribution is 6.02. The van der Waals surface area contributed by atoms with Gasteiger partial charge in [-0.05, 0) is 69.1 Å². The van der Waals surface area contributed by atoms with Gasteiger partial charge in [-0.3, -0.25) is 9.69 Å². The van der Waals surface area contributed by atoms with Crippen LogP contribution in [0.5, 0.6) is 5.75 Å². The molecular formula is C21H31N5O3. The van der Waals surface area contributed by atoms with Gasteiger partial charge in [-0.2, -0.15) is 5.10 Å². The Labute approximate surface area is 172 Å². The summed E-state index contributed by atoms with van der Waals surface area (Å²) in [5.74, 6) is 0.0575. The van der Waals surface area contributed by atoms with Crippen LogP contribution in [0.1, 0.15) is 29.5 Å². The number of amides is 3. The van der Waals surface area contributed by atoms with Gasteiger partial charge in [0.05, 0.1) is 6.21 Å². The number of hydrogen-bond acceptors (Lipinski definition) is 6. The Bertz CT molecular complexity index is 764. The number of unbranched alkanes of at least 4 members (excludes halogenated alkanes) is 1. The predicted octanol–water partition coefficient (Wildman–Crippen LogP) is 1.63. The van der Waals surface area contributed by atoms with Crippen molar-refractivity contribution in [3.05, 3.63) is 28.8 Å². The van der Waals surface area contributed by atoms with Crippen molar-refractivity contribution in [2.75, 3.05) is 52.9 Å². The average Bonchev–Trinajstić information content (AvgIpc) is 2.96. The maximum absolute atomic E-state index is 12.5. The fourth-order valence-corrected chi connectivity index (χ4v) is 3.71. The zero-order valence-corrected chi connectivity index (χ0v) is 17.6. The molecule has 0 aromatic heterocycles. The second kappa shape index (κ2) is 9.37. The van der Waals surface area contributed by atoms with Crippen molar-refractivity contribution in [3.63, 3.8) is 0 Å². The number of phenolic OH excluding ortho intramolecular Hbond substituents is 1. The minimum Gasteiger partial charge on any atom is -0.507 e. The molecule has 2 heterocycles. The summed E-state index contributed by atoms with van der Waals surface area (Å²) in [6.07, 6.45) is 3.33. The number of carbonyl (C=O) groups is 2. The summed E-state index contributed by atoms with van der Waals surface area (Å²) in [6.45, 7) is 9.40. The van der Waals surface area contributed by atoms with Crippen molar-refractivity contribution in [3.8, 4) is 5.75 Å². The molecule has 0 radical (unpaired) electrons. The molecule has 8 nitrogen and oxygen atoms in total. The van der Waals surface area contributed by atoms with E-state index >= 15 is 0 Å². The van der Waals surface area contributed by atoms with Crippen molar-refractivity contribution in [2.45, 2.75) is 26.7 Å². The molecule has 3 rings (SSSR count). The number of carbonyl (C=O) groups excluding carboxylic acids is 2. The molecule has 2 aliphatic rings. The molecular weight excluding hydrogens is 370 g/mol. The van der Waals surface area contributed by atoms with E-state index in [1.807, 2.05) is 13.8 Å². The summed E-state index contributed by atoms with van der Waals surface area (Å²) in [5.41, 5.74) is 2.28. The van der Waals surface area contributed by atoms with Crippen LogP contribution in [0.15, 0.2) is 17.2 Å². The molecule has 2 fully saturated rings. The molecule has 8 heteroatoms. The molecule has 1 aromatic carbocycles. The molecule has 2 aliphatic heterocycles. The number of rotatable bonds is 7. The number of imide groups is 1. The first-order chi connectivity index (χ1) is 13.8. The fraction of sp³-hybridized carbons (Fsp3) is 0.571. The van der Waals surface area contributed by atoms with Crippen LogP contribution in [0.2, 0.25) is 0 Å². The lowest BCUT2D eigenvalue weighted by Gasteiger charge is -2.32. The van der Waals surface area contributed by atoms with E-state index in [1.165, 1.54) is 9.91 Å². The van der Waals surface area contributed by atoms with E-state index in [1.54, 1.807) is 18.3 Å². The summed E-state index contributed by atoms with van der Waals surface area (Å²) in [5, 5.41) is 15.3. The van der Waals surface area contributed by atoms with E-state index < -0.39 is 0 Å². The molecule has 2 saturated heterocycles. The third-order valence-electron chi connectivity index (χ3n) is 5.60. The number of aromatic hydroxyl groups is 1. The van der Waals surface area contributed by atoms with Crippen molar-refractivity contribution >= 4 is 18.2 Å². The van der Waals surface area contributed by atoms with E-state index in [9.17, 15) is 14.7 Å². The van der Waals surface area contributed by atoms with E-state index in [-0.39, 0.29) is 24.2 Å². The van der Waals surface area contributed by atoms with Gasteiger partial charge in [0.2, 0.25) is 0 Å². The van der Waals surface area contributed by atoms with Crippen LogP contribution in [0, 0.1) is 13.8 Å². The second-order valence-electron chi connectivity index (χ2n) is 7.99. The quantitative estimate of drug-likeness (QED) is 0.427. The number of nitrogens with zero attached hydrogens (tertiary/aromatic N) is 5. The van der Waals surface area contributed by atoms with Crippen LogP contribution in [-0.2, 0) is 4.79 Å². The van der Waals surface area contributed by atoms with E-state index in [2.05, 4.69) is 21.9 Å². The Kier molecular flexibility index (Phi) is 6.87. The van der Waals surface area contributed by atoms with Gasteiger partial charge >= 0.3 is 6.03 Å². The zero-order chi connectivity index (χ0) is 21.0. The maximum atomic E-state index is 12.5. The topological polar surface area (TPSA) is 79.7 Å². The van der Waals surface area contributed by atoms with Crippen LogP contribution in [-0.4, -0.2) is 95.8 Å². The molecule has 0 spiro atoms. The highest BCUT2D eigenvalue weighted by Crippen LogP contribution is 2.22. The smallest absolute Gasteiger partial charge is 0.347 e. The van der Waals surface area contributed by atoms with Gasteiger partial charge in [-0.15, -0.1) is 0 Å². The summed E-state index contributed by atoms with van der Waals surface area (Å²) in [6, 6.07) is 3.23.